The third-order valence-corrected chi connectivity index (χ3v) is 7.18. The van der Waals surface area contributed by atoms with E-state index in [1.165, 1.54) is 30.2 Å². The van der Waals surface area contributed by atoms with E-state index in [1.807, 2.05) is 6.07 Å². The Labute approximate surface area is 220 Å². The summed E-state index contributed by atoms with van der Waals surface area (Å²) in [5, 5.41) is 20.3. The molecule has 3 aromatic rings. The zero-order valence-corrected chi connectivity index (χ0v) is 21.2. The van der Waals surface area contributed by atoms with Crippen LogP contribution in [0.25, 0.3) is 6.08 Å². The number of thiocarbonyl (C=S) groups is 1. The average molecular weight is 538 g/mol. The van der Waals surface area contributed by atoms with Gasteiger partial charge in [0.15, 0.2) is 5.78 Å². The lowest BCUT2D eigenvalue weighted by Crippen LogP contribution is -2.30. The number of furan rings is 1. The number of halogens is 1. The number of nitriles is 1. The lowest BCUT2D eigenvalue weighted by Gasteiger charge is -2.16. The number of amides is 1. The third-order valence-electron chi connectivity index (χ3n) is 5.80. The first-order valence-electron chi connectivity index (χ1n) is 11.1. The molecule has 0 spiro atoms. The summed E-state index contributed by atoms with van der Waals surface area (Å²) in [5.41, 5.74) is -0.338. The topological polar surface area (TPSA) is 117 Å². The van der Waals surface area contributed by atoms with E-state index >= 15 is 0 Å². The van der Waals surface area contributed by atoms with Crippen molar-refractivity contribution in [1.82, 2.24) is 9.47 Å². The standard InChI is InChI=1S/C26H20FN3O5S2/c1-15-19(13-28)23(32)30(14-18-4-3-11-35-18)25(34)22(15)20(31)5-2-10-29-24(33)21(37-26(29)36)12-16-6-8-17(27)9-7-16/h3-4,6-9,11-12,34H,2,5,10,14H2,1H3/b21-12-. The first kappa shape index (κ1) is 26.1. The van der Waals surface area contributed by atoms with Crippen LogP contribution >= 0.6 is 24.0 Å². The maximum absolute atomic E-state index is 13.1. The van der Waals surface area contributed by atoms with Crippen LogP contribution in [0.3, 0.4) is 0 Å². The summed E-state index contributed by atoms with van der Waals surface area (Å²) in [7, 11) is 0. The van der Waals surface area contributed by atoms with E-state index < -0.39 is 17.2 Å². The van der Waals surface area contributed by atoms with Gasteiger partial charge in [0.2, 0.25) is 5.88 Å². The van der Waals surface area contributed by atoms with E-state index in [2.05, 4.69) is 0 Å². The van der Waals surface area contributed by atoms with Crippen LogP contribution in [0.4, 0.5) is 4.39 Å². The number of thioether (sulfide) groups is 1. The van der Waals surface area contributed by atoms with Crippen LogP contribution in [0.5, 0.6) is 5.88 Å². The molecule has 1 amide bonds. The number of ketones is 1. The van der Waals surface area contributed by atoms with Gasteiger partial charge in [-0.25, -0.2) is 4.39 Å². The van der Waals surface area contributed by atoms with Gasteiger partial charge in [-0.05, 0) is 54.8 Å². The van der Waals surface area contributed by atoms with Gasteiger partial charge in [0.25, 0.3) is 11.5 Å². The summed E-state index contributed by atoms with van der Waals surface area (Å²) in [6, 6.07) is 10.7. The molecule has 2 aromatic heterocycles. The van der Waals surface area contributed by atoms with Crippen LogP contribution in [0, 0.1) is 24.1 Å². The smallest absolute Gasteiger partial charge is 0.271 e. The van der Waals surface area contributed by atoms with Gasteiger partial charge >= 0.3 is 0 Å². The summed E-state index contributed by atoms with van der Waals surface area (Å²) in [4.78, 5) is 40.4. The molecule has 1 fully saturated rings. The van der Waals surface area contributed by atoms with Gasteiger partial charge in [-0.2, -0.15) is 5.26 Å². The maximum Gasteiger partial charge on any atom is 0.271 e. The Morgan fingerprint density at radius 2 is 2.00 bits per heavy atom. The summed E-state index contributed by atoms with van der Waals surface area (Å²) in [5.74, 6) is -1.35. The van der Waals surface area contributed by atoms with E-state index in [9.17, 15) is 29.1 Å². The van der Waals surface area contributed by atoms with E-state index in [0.29, 0.717) is 20.5 Å². The van der Waals surface area contributed by atoms with Crippen LogP contribution in [0.1, 0.15) is 45.7 Å². The molecule has 0 saturated carbocycles. The molecule has 1 N–H and O–H groups in total. The second-order valence-electron chi connectivity index (χ2n) is 8.19. The minimum atomic E-state index is -0.726. The third kappa shape index (κ3) is 5.40. The summed E-state index contributed by atoms with van der Waals surface area (Å²) >= 11 is 6.44. The quantitative estimate of drug-likeness (QED) is 0.256. The molecule has 8 nitrogen and oxygen atoms in total. The number of aromatic nitrogens is 1. The number of hydrogen-bond donors (Lipinski definition) is 1. The SMILES string of the molecule is Cc1c(C(=O)CCCN2C(=O)/C(=C/c3ccc(F)cc3)SC2=S)c(O)n(Cc2ccco2)c(=O)c1C#N. The van der Waals surface area contributed by atoms with Crippen molar-refractivity contribution in [2.24, 2.45) is 0 Å². The molecule has 4 rings (SSSR count). The van der Waals surface area contributed by atoms with Crippen molar-refractivity contribution in [3.8, 4) is 11.9 Å². The van der Waals surface area contributed by atoms with E-state index in [1.54, 1.807) is 30.3 Å². The zero-order valence-electron chi connectivity index (χ0n) is 19.6. The predicted molar refractivity (Wildman–Crippen MR) is 139 cm³/mol. The van der Waals surface area contributed by atoms with Crippen molar-refractivity contribution in [2.75, 3.05) is 6.54 Å². The normalized spacial score (nSPS) is 14.4. The Kier molecular flexibility index (Phi) is 7.71. The van der Waals surface area contributed by atoms with Gasteiger partial charge < -0.3 is 9.52 Å². The Balaban J connectivity index is 1.49. The molecule has 0 aliphatic carbocycles. The van der Waals surface area contributed by atoms with Crippen LogP contribution in [0.15, 0.2) is 56.8 Å². The highest BCUT2D eigenvalue weighted by Crippen LogP contribution is 2.33. The van der Waals surface area contributed by atoms with Crippen LogP contribution in [-0.2, 0) is 11.3 Å². The second kappa shape index (κ2) is 10.9. The fourth-order valence-electron chi connectivity index (χ4n) is 3.92. The van der Waals surface area contributed by atoms with Crippen LogP contribution in [-0.4, -0.2) is 37.1 Å². The molecular weight excluding hydrogens is 517 g/mol. The summed E-state index contributed by atoms with van der Waals surface area (Å²) < 4.78 is 19.6. The molecule has 0 atom stereocenters. The number of carbonyl (C=O) groups excluding carboxylic acids is 2. The van der Waals surface area contributed by atoms with Crippen LogP contribution < -0.4 is 5.56 Å². The van der Waals surface area contributed by atoms with Gasteiger partial charge in [0, 0.05) is 13.0 Å². The number of nitrogens with zero attached hydrogens (tertiary/aromatic N) is 3. The largest absolute Gasteiger partial charge is 0.494 e. The monoisotopic (exact) mass is 537 g/mol. The summed E-state index contributed by atoms with van der Waals surface area (Å²) in [6.07, 6.45) is 3.20. The number of pyridine rings is 1. The molecule has 1 saturated heterocycles. The Bertz CT molecular complexity index is 1520. The first-order valence-corrected chi connectivity index (χ1v) is 12.4. The maximum atomic E-state index is 13.1. The lowest BCUT2D eigenvalue weighted by molar-refractivity contribution is -0.122. The molecule has 1 aliphatic heterocycles. The molecular formula is C26H20FN3O5S2. The molecule has 11 heteroatoms. The Hall–Kier alpha value is -4.01. The summed E-state index contributed by atoms with van der Waals surface area (Å²) in [6.45, 7) is 1.45. The van der Waals surface area contributed by atoms with Crippen molar-refractivity contribution in [2.45, 2.75) is 26.3 Å². The van der Waals surface area contributed by atoms with Gasteiger partial charge in [0.05, 0.1) is 23.3 Å². The Morgan fingerprint density at radius 1 is 1.27 bits per heavy atom. The molecule has 37 heavy (non-hydrogen) atoms. The van der Waals surface area contributed by atoms with E-state index in [-0.39, 0.29) is 54.3 Å². The van der Waals surface area contributed by atoms with Crippen molar-refractivity contribution < 1.29 is 23.5 Å². The van der Waals surface area contributed by atoms with Gasteiger partial charge in [-0.15, -0.1) is 0 Å². The van der Waals surface area contributed by atoms with Gasteiger partial charge in [0.1, 0.15) is 27.5 Å². The number of carbonyl (C=O) groups is 2. The van der Waals surface area contributed by atoms with Crippen molar-refractivity contribution >= 4 is 46.1 Å². The van der Waals surface area contributed by atoms with Crippen molar-refractivity contribution in [1.29, 1.82) is 5.26 Å². The number of rotatable bonds is 8. The highest BCUT2D eigenvalue weighted by Gasteiger charge is 2.32. The van der Waals surface area contributed by atoms with E-state index in [4.69, 9.17) is 16.6 Å². The second-order valence-corrected chi connectivity index (χ2v) is 9.87. The molecule has 0 radical (unpaired) electrons. The minimum absolute atomic E-state index is 0.0632. The molecule has 0 bridgehead atoms. The fourth-order valence-corrected chi connectivity index (χ4v) is 5.22. The molecule has 1 aliphatic rings. The highest BCUT2D eigenvalue weighted by molar-refractivity contribution is 8.26. The van der Waals surface area contributed by atoms with Crippen molar-refractivity contribution in [3.63, 3.8) is 0 Å². The van der Waals surface area contributed by atoms with Gasteiger partial charge in [-0.3, -0.25) is 23.9 Å². The number of benzene rings is 1. The Morgan fingerprint density at radius 3 is 2.65 bits per heavy atom. The molecule has 0 unspecified atom stereocenters. The number of hydrogen-bond acceptors (Lipinski definition) is 8. The highest BCUT2D eigenvalue weighted by atomic mass is 32.2. The molecule has 3 heterocycles. The predicted octanol–water partition coefficient (Wildman–Crippen LogP) is 4.38. The average Bonchev–Trinajstić information content (AvgIpc) is 3.47. The van der Waals surface area contributed by atoms with E-state index in [0.717, 1.165) is 16.3 Å². The minimum Gasteiger partial charge on any atom is -0.494 e. The lowest BCUT2D eigenvalue weighted by atomic mass is 9.99. The fraction of sp³-hybridized carbons (Fsp3) is 0.192. The zero-order chi connectivity index (χ0) is 26.7. The molecule has 188 valence electrons. The first-order chi connectivity index (χ1) is 17.7. The number of Topliss-reactive ketones (excluding diaryl/α,β-unsaturated/α-hetero) is 1. The van der Waals surface area contributed by atoms with Gasteiger partial charge in [-0.1, -0.05) is 36.1 Å². The van der Waals surface area contributed by atoms with Crippen LogP contribution in [0.2, 0.25) is 0 Å². The molecule has 1 aromatic carbocycles. The van der Waals surface area contributed by atoms with Crippen molar-refractivity contribution in [3.05, 3.63) is 91.8 Å². The number of aromatic hydroxyl groups is 1.